The van der Waals surface area contributed by atoms with Crippen LogP contribution in [0.3, 0.4) is 0 Å². The van der Waals surface area contributed by atoms with E-state index in [4.69, 9.17) is 8.83 Å². The summed E-state index contributed by atoms with van der Waals surface area (Å²) in [5.41, 5.74) is 23.4. The quantitative estimate of drug-likeness (QED) is 0.151. The van der Waals surface area contributed by atoms with Crippen LogP contribution in [0, 0.1) is 0 Å². The van der Waals surface area contributed by atoms with Gasteiger partial charge in [0.05, 0.1) is 0 Å². The maximum Gasteiger partial charge on any atom is 0.143 e. The van der Waals surface area contributed by atoms with Gasteiger partial charge < -0.3 is 8.83 Å². The molecular formula is C46H37B9O2. The zero-order valence-electron chi connectivity index (χ0n) is 34.3. The molecule has 0 radical (unpaired) electrons. The molecule has 2 heterocycles. The van der Waals surface area contributed by atoms with E-state index in [-0.39, 0.29) is 0 Å². The minimum Gasteiger partial charge on any atom is -0.456 e. The van der Waals surface area contributed by atoms with Crippen molar-refractivity contribution < 1.29 is 8.83 Å². The summed E-state index contributed by atoms with van der Waals surface area (Å²) in [4.78, 5) is 0. The van der Waals surface area contributed by atoms with E-state index < -0.39 is 0 Å². The average Bonchev–Trinajstić information content (AvgIpc) is 3.85. The van der Waals surface area contributed by atoms with E-state index >= 15 is 0 Å². The summed E-state index contributed by atoms with van der Waals surface area (Å²) in [5, 5.41) is 8.56. The smallest absolute Gasteiger partial charge is 0.143 e. The Bertz CT molecular complexity index is 3320. The number of rotatable bonds is 4. The molecule has 0 saturated carbocycles. The van der Waals surface area contributed by atoms with Gasteiger partial charge in [-0.05, 0) is 73.6 Å². The van der Waals surface area contributed by atoms with Crippen LogP contribution < -0.4 is 49.2 Å². The highest BCUT2D eigenvalue weighted by atomic mass is 16.3. The molecule has 260 valence electrons. The molecule has 0 spiro atoms. The van der Waals surface area contributed by atoms with Gasteiger partial charge in [0.2, 0.25) is 0 Å². The maximum atomic E-state index is 6.95. The van der Waals surface area contributed by atoms with Crippen LogP contribution in [0.25, 0.3) is 99.2 Å². The van der Waals surface area contributed by atoms with Crippen molar-refractivity contribution in [1.82, 2.24) is 0 Å². The molecule has 0 saturated heterocycles. The highest BCUT2D eigenvalue weighted by molar-refractivity contribution is 6.71. The molecule has 11 heteroatoms. The van der Waals surface area contributed by atoms with E-state index in [1.807, 2.05) is 18.2 Å². The monoisotopic (exact) mass is 720 g/mol. The lowest BCUT2D eigenvalue weighted by Gasteiger charge is -2.28. The van der Waals surface area contributed by atoms with Gasteiger partial charge in [0.15, 0.2) is 0 Å². The van der Waals surface area contributed by atoms with Crippen molar-refractivity contribution in [3.05, 3.63) is 115 Å². The zero-order valence-corrected chi connectivity index (χ0v) is 34.3. The third-order valence-electron chi connectivity index (χ3n) is 13.6. The minimum absolute atomic E-state index is 0.869. The Kier molecular flexibility index (Phi) is 8.20. The van der Waals surface area contributed by atoms with Gasteiger partial charge in [-0.3, -0.25) is 0 Å². The van der Waals surface area contributed by atoms with Gasteiger partial charge in [0, 0.05) is 27.3 Å². The lowest BCUT2D eigenvalue weighted by molar-refractivity contribution is 0.631. The van der Waals surface area contributed by atoms with Gasteiger partial charge in [0.25, 0.3) is 0 Å². The molecule has 0 fully saturated rings. The second-order valence-electron chi connectivity index (χ2n) is 16.2. The van der Waals surface area contributed by atoms with E-state index in [1.165, 1.54) is 93.0 Å². The van der Waals surface area contributed by atoms with Crippen LogP contribution in [0.2, 0.25) is 0 Å². The van der Waals surface area contributed by atoms with E-state index in [9.17, 15) is 0 Å². The lowest BCUT2D eigenvalue weighted by Crippen LogP contribution is -2.55. The lowest BCUT2D eigenvalue weighted by atomic mass is 9.58. The predicted molar refractivity (Wildman–Crippen MR) is 274 cm³/mol. The van der Waals surface area contributed by atoms with Crippen molar-refractivity contribution in [2.45, 2.75) is 0 Å². The Morgan fingerprint density at radius 2 is 0.895 bits per heavy atom. The second-order valence-corrected chi connectivity index (χ2v) is 16.2. The average molecular weight is 719 g/mol. The summed E-state index contributed by atoms with van der Waals surface area (Å²) >= 11 is 0. The highest BCUT2D eigenvalue weighted by Crippen LogP contribution is 2.46. The molecule has 0 aliphatic rings. The third kappa shape index (κ3) is 5.17. The summed E-state index contributed by atoms with van der Waals surface area (Å²) in [6.45, 7) is 0. The zero-order chi connectivity index (χ0) is 39.4. The number of hydrogen-bond donors (Lipinski definition) is 0. The van der Waals surface area contributed by atoms with Crippen molar-refractivity contribution in [1.29, 1.82) is 0 Å². The molecule has 0 aliphatic carbocycles. The second kappa shape index (κ2) is 13.1. The predicted octanol–water partition coefficient (Wildman–Crippen LogP) is -2.37. The molecule has 57 heavy (non-hydrogen) atoms. The van der Waals surface area contributed by atoms with Crippen LogP contribution in [0.5, 0.6) is 0 Å². The maximum absolute atomic E-state index is 6.95. The Balaban J connectivity index is 1.29. The molecule has 2 aromatic heterocycles. The molecule has 8 aromatic carbocycles. The van der Waals surface area contributed by atoms with Crippen LogP contribution in [-0.2, 0) is 0 Å². The Hall–Kier alpha value is -5.80. The van der Waals surface area contributed by atoms with Gasteiger partial charge in [0.1, 0.15) is 93.1 Å². The minimum atomic E-state index is 0.869. The van der Waals surface area contributed by atoms with E-state index in [0.717, 1.165) is 55.4 Å². The first-order chi connectivity index (χ1) is 27.5. The molecule has 0 aliphatic heterocycles. The number of para-hydroxylation sites is 1. The molecule has 0 amide bonds. The number of hydrogen-bond acceptors (Lipinski definition) is 2. The van der Waals surface area contributed by atoms with Gasteiger partial charge in [-0.15, -0.1) is 27.3 Å². The fourth-order valence-corrected chi connectivity index (χ4v) is 9.78. The molecule has 0 N–H and O–H groups in total. The normalized spacial score (nSPS) is 11.8. The largest absolute Gasteiger partial charge is 0.456 e. The third-order valence-corrected chi connectivity index (χ3v) is 13.6. The Morgan fingerprint density at radius 3 is 1.60 bits per heavy atom. The topological polar surface area (TPSA) is 26.3 Å². The number of benzene rings is 8. The Labute approximate surface area is 341 Å². The number of furan rings is 2. The van der Waals surface area contributed by atoms with E-state index in [0.29, 0.717) is 0 Å². The number of fused-ring (bicyclic) bond motifs is 6. The van der Waals surface area contributed by atoms with Crippen molar-refractivity contribution in [3.63, 3.8) is 0 Å². The van der Waals surface area contributed by atoms with Gasteiger partial charge in [-0.2, -0.15) is 0 Å². The SMILES string of the molecule is Bc1c(B)c(B)c(-c2c3ccccc3c(-c3cccc4oc5c(-c6ccc7oc(-c8ccccc8)cc7c6)cccc5c34)c3c(B)c(B)c(B)c(B)c23)c(B)c1B. The first kappa shape index (κ1) is 35.6. The van der Waals surface area contributed by atoms with Crippen molar-refractivity contribution >= 4 is 174 Å². The fraction of sp³-hybridized carbons (Fsp3) is 0. The summed E-state index contributed by atoms with van der Waals surface area (Å²) in [5.74, 6) is 0.869. The molecule has 0 atom stereocenters. The first-order valence-electron chi connectivity index (χ1n) is 20.1. The summed E-state index contributed by atoms with van der Waals surface area (Å²) in [7, 11) is 20.8. The van der Waals surface area contributed by atoms with Crippen LogP contribution >= 0.6 is 0 Å². The molecule has 10 aromatic rings. The summed E-state index contributed by atoms with van der Waals surface area (Å²) < 4.78 is 13.2. The standard InChI is InChI=1S/C46H37B9O2/c47-37-34-32(24-10-4-5-11-25(24)33(35(34)38(48)42(52)41(37)51)36-39(49)43(53)45(55)44(54)40(36)50)26-13-7-15-29-31(26)27-14-6-12-23(46(27)57-29)21-16-17-28-22(18-21)19-30(56-28)20-8-2-1-3-9-20/h1-19H,47-55H2. The summed E-state index contributed by atoms with van der Waals surface area (Å²) in [6, 6.07) is 41.2. The molecule has 0 unspecified atom stereocenters. The van der Waals surface area contributed by atoms with Crippen molar-refractivity contribution in [2.24, 2.45) is 0 Å². The van der Waals surface area contributed by atoms with Gasteiger partial charge in [-0.25, -0.2) is 0 Å². The van der Waals surface area contributed by atoms with Gasteiger partial charge >= 0.3 is 0 Å². The van der Waals surface area contributed by atoms with Crippen LogP contribution in [0.15, 0.2) is 124 Å². The summed E-state index contributed by atoms with van der Waals surface area (Å²) in [6.07, 6.45) is 0. The van der Waals surface area contributed by atoms with Crippen LogP contribution in [-0.4, -0.2) is 70.6 Å². The molecule has 2 nitrogen and oxygen atoms in total. The van der Waals surface area contributed by atoms with Crippen molar-refractivity contribution in [2.75, 3.05) is 0 Å². The van der Waals surface area contributed by atoms with Gasteiger partial charge in [-0.1, -0.05) is 113 Å². The van der Waals surface area contributed by atoms with Crippen LogP contribution in [0.4, 0.5) is 0 Å². The molecule has 0 bridgehead atoms. The van der Waals surface area contributed by atoms with E-state index in [2.05, 4.69) is 168 Å². The first-order valence-corrected chi connectivity index (χ1v) is 20.1. The van der Waals surface area contributed by atoms with Crippen molar-refractivity contribution in [3.8, 4) is 44.7 Å². The van der Waals surface area contributed by atoms with E-state index in [1.54, 1.807) is 0 Å². The Morgan fingerprint density at radius 1 is 0.333 bits per heavy atom. The molecular weight excluding hydrogens is 682 g/mol. The van der Waals surface area contributed by atoms with Crippen LogP contribution in [0.1, 0.15) is 0 Å². The molecule has 10 rings (SSSR count). The fourth-order valence-electron chi connectivity index (χ4n) is 9.78. The highest BCUT2D eigenvalue weighted by Gasteiger charge is 2.26.